The zero-order valence-corrected chi connectivity index (χ0v) is 11.6. The van der Waals surface area contributed by atoms with Gasteiger partial charge in [0.15, 0.2) is 17.3 Å². The Hall–Kier alpha value is -2.76. The minimum absolute atomic E-state index is 0.141. The van der Waals surface area contributed by atoms with E-state index in [1.54, 1.807) is 0 Å². The van der Waals surface area contributed by atoms with Crippen LogP contribution in [0.3, 0.4) is 0 Å². The van der Waals surface area contributed by atoms with Gasteiger partial charge in [0.05, 0.1) is 19.8 Å². The van der Waals surface area contributed by atoms with Gasteiger partial charge in [-0.1, -0.05) is 0 Å². The largest absolute Gasteiger partial charge is 0.493 e. The van der Waals surface area contributed by atoms with E-state index in [-0.39, 0.29) is 22.6 Å². The summed E-state index contributed by atoms with van der Waals surface area (Å²) in [6.07, 6.45) is 0. The lowest BCUT2D eigenvalue weighted by Gasteiger charge is -2.11. The third kappa shape index (κ3) is 2.89. The smallest absolute Gasteiger partial charge is 0.196 e. The Morgan fingerprint density at radius 3 is 2.00 bits per heavy atom. The molecule has 4 N–H and O–H groups in total. The Kier molecular flexibility index (Phi) is 3.98. The van der Waals surface area contributed by atoms with Crippen LogP contribution in [0, 0.1) is 5.82 Å². The van der Waals surface area contributed by atoms with Gasteiger partial charge in [-0.05, 0) is 24.3 Å². The van der Waals surface area contributed by atoms with Crippen LogP contribution in [-0.2, 0) is 0 Å². The van der Waals surface area contributed by atoms with Crippen LogP contribution in [0.25, 0.3) is 0 Å². The van der Waals surface area contributed by atoms with Gasteiger partial charge in [-0.25, -0.2) is 4.39 Å². The van der Waals surface area contributed by atoms with E-state index in [1.807, 2.05) is 0 Å². The first-order valence-corrected chi connectivity index (χ1v) is 6.08. The zero-order valence-electron chi connectivity index (χ0n) is 11.6. The molecule has 0 heterocycles. The third-order valence-electron chi connectivity index (χ3n) is 2.96. The second-order valence-corrected chi connectivity index (χ2v) is 4.40. The number of benzene rings is 2. The van der Waals surface area contributed by atoms with Crippen molar-refractivity contribution in [1.29, 1.82) is 0 Å². The minimum atomic E-state index is -0.710. The van der Waals surface area contributed by atoms with Crippen molar-refractivity contribution < 1.29 is 18.7 Å². The molecule has 0 saturated carbocycles. The molecular weight excluding hydrogens is 275 g/mol. The maximum Gasteiger partial charge on any atom is 0.196 e. The van der Waals surface area contributed by atoms with Gasteiger partial charge in [0.1, 0.15) is 5.82 Å². The molecule has 0 amide bonds. The fourth-order valence-electron chi connectivity index (χ4n) is 1.99. The standard InChI is InChI=1S/C15H15FN2O3/c1-20-13-6-11(12(16)7-14(13)21-2)15(19)8-3-9(17)5-10(18)4-8/h3-7H,17-18H2,1-2H3. The minimum Gasteiger partial charge on any atom is -0.493 e. The van der Waals surface area contributed by atoms with E-state index < -0.39 is 11.6 Å². The van der Waals surface area contributed by atoms with Crippen LogP contribution in [0.5, 0.6) is 11.5 Å². The third-order valence-corrected chi connectivity index (χ3v) is 2.96. The Labute approximate surface area is 121 Å². The van der Waals surface area contributed by atoms with E-state index in [2.05, 4.69) is 0 Å². The fourth-order valence-corrected chi connectivity index (χ4v) is 1.99. The fraction of sp³-hybridized carbons (Fsp3) is 0.133. The molecule has 0 aliphatic rings. The van der Waals surface area contributed by atoms with Gasteiger partial charge in [0.25, 0.3) is 0 Å². The number of hydrogen-bond donors (Lipinski definition) is 2. The number of ketones is 1. The van der Waals surface area contributed by atoms with Crippen LogP contribution in [0.1, 0.15) is 15.9 Å². The summed E-state index contributed by atoms with van der Waals surface area (Å²) >= 11 is 0. The number of rotatable bonds is 4. The molecule has 21 heavy (non-hydrogen) atoms. The zero-order chi connectivity index (χ0) is 15.6. The molecule has 0 atom stereocenters. The molecule has 0 aliphatic heterocycles. The van der Waals surface area contributed by atoms with Crippen molar-refractivity contribution in [2.45, 2.75) is 0 Å². The number of carbonyl (C=O) groups is 1. The molecule has 2 rings (SSSR count). The van der Waals surface area contributed by atoms with Gasteiger partial charge in [-0.3, -0.25) is 4.79 Å². The van der Waals surface area contributed by atoms with E-state index in [0.717, 1.165) is 6.07 Å². The lowest BCUT2D eigenvalue weighted by molar-refractivity contribution is 0.103. The molecule has 0 radical (unpaired) electrons. The van der Waals surface area contributed by atoms with Crippen molar-refractivity contribution in [1.82, 2.24) is 0 Å². The maximum absolute atomic E-state index is 14.1. The topological polar surface area (TPSA) is 87.6 Å². The average Bonchev–Trinajstić information content (AvgIpc) is 2.45. The molecule has 0 aromatic heterocycles. The summed E-state index contributed by atoms with van der Waals surface area (Å²) in [6, 6.07) is 6.78. The molecule has 5 nitrogen and oxygen atoms in total. The van der Waals surface area contributed by atoms with Gasteiger partial charge < -0.3 is 20.9 Å². The maximum atomic E-state index is 14.1. The molecule has 0 spiro atoms. The van der Waals surface area contributed by atoms with Gasteiger partial charge in [0.2, 0.25) is 0 Å². The second-order valence-electron chi connectivity index (χ2n) is 4.40. The predicted octanol–water partition coefficient (Wildman–Crippen LogP) is 2.24. The van der Waals surface area contributed by atoms with Crippen LogP contribution in [0.15, 0.2) is 30.3 Å². The number of halogens is 1. The summed E-state index contributed by atoms with van der Waals surface area (Å²) in [7, 11) is 2.79. The van der Waals surface area contributed by atoms with Crippen molar-refractivity contribution >= 4 is 17.2 Å². The number of anilines is 2. The van der Waals surface area contributed by atoms with Crippen LogP contribution >= 0.6 is 0 Å². The van der Waals surface area contributed by atoms with Gasteiger partial charge in [-0.15, -0.1) is 0 Å². The number of carbonyl (C=O) groups excluding carboxylic acids is 1. The molecule has 2 aromatic carbocycles. The lowest BCUT2D eigenvalue weighted by atomic mass is 10.0. The monoisotopic (exact) mass is 290 g/mol. The summed E-state index contributed by atoms with van der Waals surface area (Å²) in [6.45, 7) is 0. The SMILES string of the molecule is COc1cc(F)c(C(=O)c2cc(N)cc(N)c2)cc1OC. The number of hydrogen-bond acceptors (Lipinski definition) is 5. The normalized spacial score (nSPS) is 10.2. The Bertz CT molecular complexity index is 681. The molecule has 0 aliphatic carbocycles. The first kappa shape index (κ1) is 14.6. The van der Waals surface area contributed by atoms with Gasteiger partial charge in [-0.2, -0.15) is 0 Å². The number of nitrogen functional groups attached to an aromatic ring is 2. The van der Waals surface area contributed by atoms with Crippen molar-refractivity contribution in [3.63, 3.8) is 0 Å². The average molecular weight is 290 g/mol. The van der Waals surface area contributed by atoms with E-state index in [1.165, 1.54) is 38.5 Å². The number of nitrogens with two attached hydrogens (primary N) is 2. The molecule has 0 unspecified atom stereocenters. The Morgan fingerprint density at radius 2 is 1.48 bits per heavy atom. The first-order chi connectivity index (χ1) is 9.96. The predicted molar refractivity (Wildman–Crippen MR) is 78.2 cm³/mol. The number of ether oxygens (including phenoxy) is 2. The van der Waals surface area contributed by atoms with Crippen molar-refractivity contribution in [2.24, 2.45) is 0 Å². The lowest BCUT2D eigenvalue weighted by Crippen LogP contribution is -2.07. The van der Waals surface area contributed by atoms with Crippen molar-refractivity contribution in [3.8, 4) is 11.5 Å². The van der Waals surface area contributed by atoms with E-state index >= 15 is 0 Å². The summed E-state index contributed by atoms with van der Waals surface area (Å²) in [4.78, 5) is 12.4. The molecular formula is C15H15FN2O3. The molecule has 110 valence electrons. The van der Waals surface area contributed by atoms with E-state index in [9.17, 15) is 9.18 Å². The van der Waals surface area contributed by atoms with Crippen molar-refractivity contribution in [2.75, 3.05) is 25.7 Å². The molecule has 2 aromatic rings. The summed E-state index contributed by atoms with van der Waals surface area (Å²) in [5.41, 5.74) is 12.0. The highest BCUT2D eigenvalue weighted by molar-refractivity contribution is 6.10. The van der Waals surface area contributed by atoms with Crippen LogP contribution in [0.2, 0.25) is 0 Å². The Balaban J connectivity index is 2.52. The number of methoxy groups -OCH3 is 2. The van der Waals surface area contributed by atoms with Crippen molar-refractivity contribution in [3.05, 3.63) is 47.3 Å². The Morgan fingerprint density at radius 1 is 0.952 bits per heavy atom. The molecule has 6 heteroatoms. The highest BCUT2D eigenvalue weighted by atomic mass is 19.1. The van der Waals surface area contributed by atoms with Crippen LogP contribution in [0.4, 0.5) is 15.8 Å². The second kappa shape index (κ2) is 5.70. The highest BCUT2D eigenvalue weighted by Gasteiger charge is 2.19. The molecule has 0 fully saturated rings. The van der Waals surface area contributed by atoms with E-state index in [4.69, 9.17) is 20.9 Å². The van der Waals surface area contributed by atoms with Gasteiger partial charge >= 0.3 is 0 Å². The first-order valence-electron chi connectivity index (χ1n) is 6.08. The van der Waals surface area contributed by atoms with Gasteiger partial charge in [0, 0.05) is 23.0 Å². The van der Waals surface area contributed by atoms with E-state index in [0.29, 0.717) is 11.4 Å². The summed E-state index contributed by atoms with van der Waals surface area (Å²) in [5.74, 6) is -0.774. The highest BCUT2D eigenvalue weighted by Crippen LogP contribution is 2.31. The quantitative estimate of drug-likeness (QED) is 0.666. The van der Waals surface area contributed by atoms with Crippen LogP contribution < -0.4 is 20.9 Å². The van der Waals surface area contributed by atoms with Crippen LogP contribution in [-0.4, -0.2) is 20.0 Å². The summed E-state index contributed by atoms with van der Waals surface area (Å²) < 4.78 is 24.1. The molecule has 0 saturated heterocycles. The summed E-state index contributed by atoms with van der Waals surface area (Å²) in [5, 5.41) is 0. The molecule has 0 bridgehead atoms.